The average Bonchev–Trinajstić information content (AvgIpc) is 2.69. The van der Waals surface area contributed by atoms with Gasteiger partial charge in [0, 0.05) is 19.2 Å². The highest BCUT2D eigenvalue weighted by Crippen LogP contribution is 2.11. The van der Waals surface area contributed by atoms with Crippen LogP contribution in [0.3, 0.4) is 0 Å². The van der Waals surface area contributed by atoms with Crippen molar-refractivity contribution >= 4 is 41.2 Å². The number of nitrogens with zero attached hydrogens (tertiary/aromatic N) is 1. The Morgan fingerprint density at radius 1 is 1.36 bits per heavy atom. The number of amides is 2. The van der Waals surface area contributed by atoms with Crippen molar-refractivity contribution in [3.63, 3.8) is 0 Å². The second-order valence-electron chi connectivity index (χ2n) is 6.32. The zero-order valence-electron chi connectivity index (χ0n) is 15.8. The van der Waals surface area contributed by atoms with E-state index in [9.17, 15) is 14.4 Å². The summed E-state index contributed by atoms with van der Waals surface area (Å²) >= 11 is 5.30. The number of hydrogen-bond donors (Lipinski definition) is 2. The van der Waals surface area contributed by atoms with Crippen molar-refractivity contribution in [2.45, 2.75) is 32.2 Å². The molecule has 1 aromatic rings. The first-order chi connectivity index (χ1) is 13.5. The van der Waals surface area contributed by atoms with Crippen LogP contribution >= 0.6 is 12.2 Å². The van der Waals surface area contributed by atoms with Crippen molar-refractivity contribution in [1.29, 1.82) is 0 Å². The molecule has 0 spiro atoms. The Morgan fingerprint density at radius 2 is 2.11 bits per heavy atom. The lowest BCUT2D eigenvalue weighted by Crippen LogP contribution is -2.60. The molecule has 0 aliphatic carbocycles. The maximum Gasteiger partial charge on any atom is 0.308 e. The molecule has 0 saturated carbocycles. The number of benzene rings is 1. The Kier molecular flexibility index (Phi) is 8.61. The molecule has 1 atom stereocenters. The van der Waals surface area contributed by atoms with Gasteiger partial charge in [-0.25, -0.2) is 0 Å². The Balaban J connectivity index is 1.94. The largest absolute Gasteiger partial charge is 0.466 e. The molecule has 1 heterocycles. The van der Waals surface area contributed by atoms with Gasteiger partial charge in [-0.15, -0.1) is 0 Å². The lowest BCUT2D eigenvalue weighted by molar-refractivity contribution is -0.147. The number of piperazine rings is 1. The minimum absolute atomic E-state index is 0.115. The molecule has 2 N–H and O–H groups in total. The third-order valence-electron chi connectivity index (χ3n) is 4.17. The molecule has 2 rings (SSSR count). The van der Waals surface area contributed by atoms with Crippen LogP contribution in [0, 0.1) is 0 Å². The van der Waals surface area contributed by atoms with Crippen LogP contribution in [0.4, 0.5) is 0 Å². The van der Waals surface area contributed by atoms with Crippen molar-refractivity contribution in [3.05, 3.63) is 42.0 Å². The van der Waals surface area contributed by atoms with E-state index in [2.05, 4.69) is 10.6 Å². The van der Waals surface area contributed by atoms with Crippen LogP contribution in [0.1, 0.15) is 31.7 Å². The smallest absolute Gasteiger partial charge is 0.308 e. The van der Waals surface area contributed by atoms with Gasteiger partial charge < -0.3 is 15.0 Å². The lowest BCUT2D eigenvalue weighted by Gasteiger charge is -2.36. The average molecular weight is 404 g/mol. The number of thiocarbonyl (C=S) groups is 1. The molecule has 28 heavy (non-hydrogen) atoms. The molecular formula is C20H25N3O4S. The van der Waals surface area contributed by atoms with Gasteiger partial charge in [-0.1, -0.05) is 43.7 Å². The number of carbonyl (C=O) groups is 3. The van der Waals surface area contributed by atoms with Gasteiger partial charge in [0.25, 0.3) is 0 Å². The Morgan fingerprint density at radius 3 is 2.82 bits per heavy atom. The maximum atomic E-state index is 12.2. The fourth-order valence-electron chi connectivity index (χ4n) is 2.66. The highest BCUT2D eigenvalue weighted by atomic mass is 32.1. The highest BCUT2D eigenvalue weighted by Gasteiger charge is 2.34. The van der Waals surface area contributed by atoms with Gasteiger partial charge >= 0.3 is 5.97 Å². The van der Waals surface area contributed by atoms with Gasteiger partial charge in [0.05, 0.1) is 13.0 Å². The Hall–Kier alpha value is -2.74. The summed E-state index contributed by atoms with van der Waals surface area (Å²) in [7, 11) is 0. The van der Waals surface area contributed by atoms with Crippen molar-refractivity contribution in [2.24, 2.45) is 0 Å². The number of nitrogens with one attached hydrogen (secondary N) is 2. The van der Waals surface area contributed by atoms with Crippen LogP contribution in [0.15, 0.2) is 36.4 Å². The van der Waals surface area contributed by atoms with Crippen molar-refractivity contribution in [2.75, 3.05) is 19.7 Å². The first-order valence-corrected chi connectivity index (χ1v) is 9.70. The molecule has 1 fully saturated rings. The monoisotopic (exact) mass is 403 g/mol. The van der Waals surface area contributed by atoms with E-state index in [4.69, 9.17) is 17.0 Å². The van der Waals surface area contributed by atoms with E-state index >= 15 is 0 Å². The zero-order valence-corrected chi connectivity index (χ0v) is 16.7. The summed E-state index contributed by atoms with van der Waals surface area (Å²) in [4.78, 5) is 37.9. The molecule has 0 radical (unpaired) electrons. The van der Waals surface area contributed by atoms with Gasteiger partial charge in [-0.05, 0) is 30.3 Å². The molecule has 0 unspecified atom stereocenters. The third-order valence-corrected chi connectivity index (χ3v) is 4.51. The van der Waals surface area contributed by atoms with Crippen molar-refractivity contribution in [1.82, 2.24) is 15.5 Å². The van der Waals surface area contributed by atoms with Crippen LogP contribution in [-0.4, -0.2) is 53.5 Å². The molecule has 0 aromatic heterocycles. The first-order valence-electron chi connectivity index (χ1n) is 9.29. The number of carbonyl (C=O) groups excluding carboxylic acids is 3. The number of hydrogen-bond acceptors (Lipinski definition) is 5. The molecular weight excluding hydrogens is 378 g/mol. The molecule has 8 heteroatoms. The summed E-state index contributed by atoms with van der Waals surface area (Å²) in [6.07, 6.45) is 4.61. The van der Waals surface area contributed by atoms with Gasteiger partial charge in [0.2, 0.25) is 11.8 Å². The Labute approximate surface area is 170 Å². The fourth-order valence-corrected chi connectivity index (χ4v) is 2.98. The van der Waals surface area contributed by atoms with Gasteiger partial charge in [0.1, 0.15) is 6.04 Å². The molecule has 0 bridgehead atoms. The van der Waals surface area contributed by atoms with E-state index in [0.29, 0.717) is 19.7 Å². The molecule has 1 aromatic carbocycles. The van der Waals surface area contributed by atoms with E-state index in [1.807, 2.05) is 37.3 Å². The number of rotatable bonds is 7. The third kappa shape index (κ3) is 6.77. The van der Waals surface area contributed by atoms with Gasteiger partial charge in [0.15, 0.2) is 5.11 Å². The topological polar surface area (TPSA) is 87.7 Å². The first kappa shape index (κ1) is 21.6. The quantitative estimate of drug-likeness (QED) is 0.311. The zero-order chi connectivity index (χ0) is 20.4. The molecule has 1 aliphatic rings. The number of ether oxygens (including phenoxy) is 1. The molecule has 7 nitrogen and oxygen atoms in total. The van der Waals surface area contributed by atoms with Crippen LogP contribution in [0.2, 0.25) is 0 Å². The summed E-state index contributed by atoms with van der Waals surface area (Å²) in [5, 5.41) is 5.43. The van der Waals surface area contributed by atoms with Crippen molar-refractivity contribution < 1.29 is 19.1 Å². The predicted molar refractivity (Wildman–Crippen MR) is 110 cm³/mol. The fraction of sp³-hybridized carbons (Fsp3) is 0.400. The maximum absolute atomic E-state index is 12.2. The minimum atomic E-state index is -0.797. The lowest BCUT2D eigenvalue weighted by atomic mass is 10.1. The molecule has 2 amide bonds. The van der Waals surface area contributed by atoms with E-state index in [1.165, 1.54) is 6.08 Å². The van der Waals surface area contributed by atoms with Crippen molar-refractivity contribution in [3.8, 4) is 0 Å². The molecule has 1 saturated heterocycles. The predicted octanol–water partition coefficient (Wildman–Crippen LogP) is 1.63. The van der Waals surface area contributed by atoms with E-state index in [1.54, 1.807) is 11.0 Å². The highest BCUT2D eigenvalue weighted by molar-refractivity contribution is 7.80. The van der Waals surface area contributed by atoms with Gasteiger partial charge in [-0.2, -0.15) is 0 Å². The summed E-state index contributed by atoms with van der Waals surface area (Å²) in [5.74, 6) is -1.17. The van der Waals surface area contributed by atoms with Crippen LogP contribution in [0.25, 0.3) is 6.08 Å². The number of unbranched alkanes of at least 4 members (excludes halogenated alkanes) is 1. The van der Waals surface area contributed by atoms with Gasteiger partial charge in [-0.3, -0.25) is 19.7 Å². The summed E-state index contributed by atoms with van der Waals surface area (Å²) in [6, 6.07) is 8.58. The second kappa shape index (κ2) is 11.2. The molecule has 150 valence electrons. The standard InChI is InChI=1S/C20H25N3O4S/c1-2-3-13-27-18(25)14-16-19(26)21-11-12-23(16)20(28)22-17(24)10-9-15-7-5-4-6-8-15/h4-10,16H,2-3,11-14H2,1H3,(H,21,26)(H,22,24,28)/b10-9+/t16-/m0/s1. The number of esters is 1. The summed E-state index contributed by atoms with van der Waals surface area (Å²) < 4.78 is 5.14. The normalized spacial score (nSPS) is 16.5. The van der Waals surface area contributed by atoms with E-state index in [-0.39, 0.29) is 17.4 Å². The Bertz CT molecular complexity index is 736. The summed E-state index contributed by atoms with van der Waals surface area (Å²) in [6.45, 7) is 3.11. The van der Waals surface area contributed by atoms with E-state index in [0.717, 1.165) is 18.4 Å². The minimum Gasteiger partial charge on any atom is -0.466 e. The summed E-state index contributed by atoms with van der Waals surface area (Å²) in [5.41, 5.74) is 0.883. The van der Waals surface area contributed by atoms with E-state index < -0.39 is 17.9 Å². The second-order valence-corrected chi connectivity index (χ2v) is 6.70. The SMILES string of the molecule is CCCCOC(=O)C[C@H]1C(=O)NCCN1C(=S)NC(=O)/C=C/c1ccccc1. The van der Waals surface area contributed by atoms with Crippen LogP contribution < -0.4 is 10.6 Å². The molecule has 1 aliphatic heterocycles. The van der Waals surface area contributed by atoms with Crippen LogP contribution in [0.5, 0.6) is 0 Å². The van der Waals surface area contributed by atoms with Crippen LogP contribution in [-0.2, 0) is 19.1 Å².